The van der Waals surface area contributed by atoms with Crippen LogP contribution in [0.15, 0.2) is 45.6 Å². The predicted octanol–water partition coefficient (Wildman–Crippen LogP) is 4.65. The average Bonchev–Trinajstić information content (AvgIpc) is 2.34. The lowest BCUT2D eigenvalue weighted by molar-refractivity contribution is 0.679. The molecular weight excluding hydrogens is 292 g/mol. The van der Waals surface area contributed by atoms with Crippen LogP contribution in [0.1, 0.15) is 12.5 Å². The normalized spacial score (nSPS) is 14.4. The van der Waals surface area contributed by atoms with Gasteiger partial charge in [-0.25, -0.2) is 0 Å². The second-order valence-electron chi connectivity index (χ2n) is 5.69. The van der Waals surface area contributed by atoms with E-state index in [1.54, 1.807) is 0 Å². The number of benzene rings is 1. The van der Waals surface area contributed by atoms with E-state index >= 15 is 0 Å². The lowest BCUT2D eigenvalue weighted by Gasteiger charge is -2.12. The van der Waals surface area contributed by atoms with E-state index in [9.17, 15) is 4.21 Å². The lowest BCUT2D eigenvalue weighted by atomic mass is 10.2. The van der Waals surface area contributed by atoms with Gasteiger partial charge in [0.1, 0.15) is 8.07 Å². The summed E-state index contributed by atoms with van der Waals surface area (Å²) in [5.74, 6) is 0. The highest BCUT2D eigenvalue weighted by Crippen LogP contribution is 2.18. The Kier molecular flexibility index (Phi) is 5.81. The van der Waals surface area contributed by atoms with E-state index in [2.05, 4.69) is 25.4 Å². The highest BCUT2D eigenvalue weighted by Gasteiger charge is 2.17. The van der Waals surface area contributed by atoms with Crippen molar-refractivity contribution >= 4 is 30.5 Å². The largest absolute Gasteiger partial charge is 0.254 e. The molecule has 1 rings (SSSR count). The van der Waals surface area contributed by atoms with Gasteiger partial charge < -0.3 is 0 Å². The fourth-order valence-corrected chi connectivity index (χ4v) is 2.96. The summed E-state index contributed by atoms with van der Waals surface area (Å²) in [5.41, 5.74) is 4.28. The molecule has 0 spiro atoms. The van der Waals surface area contributed by atoms with Crippen molar-refractivity contribution in [1.29, 1.82) is 0 Å². The van der Waals surface area contributed by atoms with E-state index in [0.29, 0.717) is 0 Å². The summed E-state index contributed by atoms with van der Waals surface area (Å²) in [5, 5.41) is -0.0900. The molecule has 0 aliphatic carbocycles. The van der Waals surface area contributed by atoms with Crippen molar-refractivity contribution in [3.8, 4) is 0 Å². The minimum Gasteiger partial charge on any atom is -0.254 e. The van der Waals surface area contributed by atoms with Crippen LogP contribution in [0, 0.1) is 6.92 Å². The first kappa shape index (κ1) is 16.5. The van der Waals surface area contributed by atoms with Crippen molar-refractivity contribution in [2.75, 3.05) is 0 Å². The second-order valence-corrected chi connectivity index (χ2v) is 13.2. The maximum Gasteiger partial charge on any atom is 0.102 e. The molecule has 0 heterocycles. The Bertz CT molecular complexity index is 522. The van der Waals surface area contributed by atoms with E-state index in [1.165, 1.54) is 5.56 Å². The van der Waals surface area contributed by atoms with Gasteiger partial charge in [0.25, 0.3) is 0 Å². The molecule has 104 valence electrons. The Morgan fingerprint density at radius 3 is 2.32 bits per heavy atom. The third-order valence-electron chi connectivity index (χ3n) is 2.69. The van der Waals surface area contributed by atoms with Crippen molar-refractivity contribution in [3.05, 3.63) is 46.3 Å². The summed E-state index contributed by atoms with van der Waals surface area (Å²) in [6.45, 7) is 10.4. The van der Waals surface area contributed by atoms with Gasteiger partial charge >= 0.3 is 0 Å². The molecule has 1 aromatic carbocycles. The molecule has 1 aromatic rings. The van der Waals surface area contributed by atoms with Gasteiger partial charge in [-0.3, -0.25) is 4.21 Å². The van der Waals surface area contributed by atoms with E-state index < -0.39 is 18.9 Å². The predicted molar refractivity (Wildman–Crippen MR) is 87.8 cm³/mol. The Morgan fingerprint density at radius 2 is 1.84 bits per heavy atom. The Morgan fingerprint density at radius 1 is 1.32 bits per heavy atom. The van der Waals surface area contributed by atoms with E-state index in [4.69, 9.17) is 11.6 Å². The van der Waals surface area contributed by atoms with E-state index in [-0.39, 0.29) is 5.25 Å². The molecule has 2 unspecified atom stereocenters. The van der Waals surface area contributed by atoms with Crippen molar-refractivity contribution in [3.63, 3.8) is 0 Å². The van der Waals surface area contributed by atoms with Crippen LogP contribution in [0.25, 0.3) is 0 Å². The molecule has 0 saturated heterocycles. The first-order chi connectivity index (χ1) is 8.71. The number of rotatable bonds is 4. The molecule has 1 nitrogen and oxygen atoms in total. The number of hydrogen-bond acceptors (Lipinski definition) is 1. The van der Waals surface area contributed by atoms with Crippen LogP contribution in [-0.4, -0.2) is 17.5 Å². The quantitative estimate of drug-likeness (QED) is 0.584. The van der Waals surface area contributed by atoms with Crippen LogP contribution in [-0.2, 0) is 10.8 Å². The minimum atomic E-state index is -1.51. The molecule has 0 fully saturated rings. The molecule has 0 bridgehead atoms. The van der Waals surface area contributed by atoms with E-state index in [0.717, 1.165) is 9.55 Å². The maximum atomic E-state index is 12.3. The summed E-state index contributed by atoms with van der Waals surface area (Å²) in [7, 11) is -2.56. The molecule has 0 saturated carbocycles. The van der Waals surface area contributed by atoms with E-state index in [1.807, 2.05) is 44.2 Å². The SMILES string of the molecule is Cc1ccc(S(=O)C(C)C=C=C(Cl)[Si](C)(C)C)cc1. The summed E-state index contributed by atoms with van der Waals surface area (Å²) in [6, 6.07) is 7.79. The molecule has 4 heteroatoms. The zero-order valence-corrected chi connectivity index (χ0v) is 14.7. The van der Waals surface area contributed by atoms with Crippen molar-refractivity contribution in [2.24, 2.45) is 0 Å². The Balaban J connectivity index is 2.90. The summed E-state index contributed by atoms with van der Waals surface area (Å²) in [4.78, 5) is 0.847. The van der Waals surface area contributed by atoms with Gasteiger partial charge in [0.05, 0.1) is 16.0 Å². The molecule has 0 aliphatic heterocycles. The average molecular weight is 313 g/mol. The van der Waals surface area contributed by atoms with Gasteiger partial charge in [0.15, 0.2) is 0 Å². The van der Waals surface area contributed by atoms with Crippen molar-refractivity contribution in [2.45, 2.75) is 43.6 Å². The van der Waals surface area contributed by atoms with Gasteiger partial charge in [-0.2, -0.15) is 0 Å². The van der Waals surface area contributed by atoms with Gasteiger partial charge in [0, 0.05) is 9.55 Å². The number of aryl methyl sites for hydroxylation is 1. The number of halogens is 1. The zero-order chi connectivity index (χ0) is 14.6. The summed E-state index contributed by atoms with van der Waals surface area (Å²) in [6.07, 6.45) is 1.83. The third-order valence-corrected chi connectivity index (χ3v) is 7.51. The highest BCUT2D eigenvalue weighted by atomic mass is 35.5. The Labute approximate surface area is 124 Å². The monoisotopic (exact) mass is 312 g/mol. The number of hydrogen-bond donors (Lipinski definition) is 0. The zero-order valence-electron chi connectivity index (χ0n) is 12.2. The van der Waals surface area contributed by atoms with Crippen LogP contribution < -0.4 is 0 Å². The van der Waals surface area contributed by atoms with Crippen molar-refractivity contribution < 1.29 is 4.21 Å². The second kappa shape index (κ2) is 6.71. The van der Waals surface area contributed by atoms with Gasteiger partial charge in [-0.05, 0) is 32.1 Å². The van der Waals surface area contributed by atoms with Crippen LogP contribution in [0.4, 0.5) is 0 Å². The highest BCUT2D eigenvalue weighted by molar-refractivity contribution is 7.85. The lowest BCUT2D eigenvalue weighted by Crippen LogP contribution is -2.20. The van der Waals surface area contributed by atoms with Crippen molar-refractivity contribution in [1.82, 2.24) is 0 Å². The maximum absolute atomic E-state index is 12.3. The Hall–Kier alpha value is -0.603. The molecule has 2 atom stereocenters. The first-order valence-corrected chi connectivity index (χ1v) is 11.4. The third kappa shape index (κ3) is 5.11. The van der Waals surface area contributed by atoms with Crippen LogP contribution in [0.5, 0.6) is 0 Å². The molecule has 19 heavy (non-hydrogen) atoms. The van der Waals surface area contributed by atoms with Gasteiger partial charge in [0.2, 0.25) is 0 Å². The minimum absolute atomic E-state index is 0.0900. The smallest absolute Gasteiger partial charge is 0.102 e. The molecule has 0 aromatic heterocycles. The van der Waals surface area contributed by atoms with Crippen LogP contribution in [0.2, 0.25) is 19.6 Å². The first-order valence-electron chi connectivity index (χ1n) is 6.32. The fraction of sp³-hybridized carbons (Fsp3) is 0.400. The topological polar surface area (TPSA) is 17.1 Å². The van der Waals surface area contributed by atoms with Gasteiger partial charge in [-0.1, -0.05) is 48.9 Å². The summed E-state index contributed by atoms with van der Waals surface area (Å²) < 4.78 is 13.1. The summed E-state index contributed by atoms with van der Waals surface area (Å²) >= 11 is 6.21. The standard InChI is InChI=1S/C15H21ClOSSi/c1-12-6-9-14(10-7-12)18(17)13(2)8-11-15(16)19(3,4)5/h6-10,13H,1-5H3. The van der Waals surface area contributed by atoms with Gasteiger partial charge in [-0.15, -0.1) is 5.73 Å². The molecule has 0 N–H and O–H groups in total. The molecule has 0 radical (unpaired) electrons. The molecular formula is C15H21ClOSSi. The van der Waals surface area contributed by atoms with Crippen LogP contribution in [0.3, 0.4) is 0 Å². The fourth-order valence-electron chi connectivity index (χ4n) is 1.36. The molecule has 0 aliphatic rings. The molecule has 0 amide bonds. The van der Waals surface area contributed by atoms with Crippen LogP contribution >= 0.6 is 11.6 Å².